The monoisotopic (exact) mass is 310 g/mol. The first kappa shape index (κ1) is 12.7. The molecule has 1 atom stereocenters. The molecule has 1 unspecified atom stereocenters. The zero-order valence-electron chi connectivity index (χ0n) is 9.65. The lowest BCUT2D eigenvalue weighted by molar-refractivity contribution is -0.384. The third-order valence-corrected chi connectivity index (χ3v) is 3.63. The Morgan fingerprint density at radius 2 is 2.11 bits per heavy atom. The number of hydrogen-bond donors (Lipinski definition) is 0. The minimum Gasteiger partial charge on any atom is -0.258 e. The Morgan fingerprint density at radius 1 is 1.44 bits per heavy atom. The third-order valence-electron chi connectivity index (χ3n) is 2.52. The van der Waals surface area contributed by atoms with Gasteiger partial charge < -0.3 is 0 Å². The summed E-state index contributed by atoms with van der Waals surface area (Å²) in [5.41, 5.74) is 1.65. The second-order valence-electron chi connectivity index (χ2n) is 3.74. The van der Waals surface area contributed by atoms with Gasteiger partial charge in [0.25, 0.3) is 5.69 Å². The number of non-ortho nitro benzene ring substituents is 1. The number of rotatable bonds is 4. The quantitative estimate of drug-likeness (QED) is 0.494. The fourth-order valence-electron chi connectivity index (χ4n) is 1.48. The van der Waals surface area contributed by atoms with E-state index in [1.54, 1.807) is 16.8 Å². The van der Waals surface area contributed by atoms with Gasteiger partial charge in [-0.05, 0) is 18.6 Å². The number of nitro benzene ring substituents is 1. The van der Waals surface area contributed by atoms with Gasteiger partial charge in [0, 0.05) is 12.1 Å². The molecule has 0 aliphatic rings. The van der Waals surface area contributed by atoms with E-state index in [2.05, 4.69) is 26.2 Å². The van der Waals surface area contributed by atoms with Crippen molar-refractivity contribution in [3.05, 3.63) is 46.3 Å². The minimum atomic E-state index is -0.428. The largest absolute Gasteiger partial charge is 0.269 e. The van der Waals surface area contributed by atoms with Crippen LogP contribution in [0.2, 0.25) is 0 Å². The molecule has 0 bridgehead atoms. The molecule has 0 fully saturated rings. The molecule has 18 heavy (non-hydrogen) atoms. The molecule has 0 saturated carbocycles. The van der Waals surface area contributed by atoms with E-state index >= 15 is 0 Å². The maximum Gasteiger partial charge on any atom is 0.269 e. The van der Waals surface area contributed by atoms with Crippen LogP contribution in [-0.4, -0.2) is 19.9 Å². The summed E-state index contributed by atoms with van der Waals surface area (Å²) in [5, 5.41) is 18.6. The molecule has 1 heterocycles. The number of aromatic nitrogens is 3. The molecule has 0 amide bonds. The second kappa shape index (κ2) is 5.26. The lowest BCUT2D eigenvalue weighted by Crippen LogP contribution is -1.95. The van der Waals surface area contributed by atoms with Gasteiger partial charge in [0.05, 0.1) is 27.3 Å². The van der Waals surface area contributed by atoms with E-state index in [4.69, 9.17) is 0 Å². The Morgan fingerprint density at radius 3 is 2.67 bits per heavy atom. The molecule has 0 N–H and O–H groups in total. The molecular weight excluding hydrogens is 300 g/mol. The van der Waals surface area contributed by atoms with Crippen LogP contribution in [0, 0.1) is 10.1 Å². The van der Waals surface area contributed by atoms with Crippen molar-refractivity contribution >= 4 is 21.6 Å². The molecule has 0 aliphatic heterocycles. The molecule has 1 aromatic heterocycles. The van der Waals surface area contributed by atoms with Gasteiger partial charge in [0.1, 0.15) is 0 Å². The molecule has 6 nitrogen and oxygen atoms in total. The van der Waals surface area contributed by atoms with Gasteiger partial charge in [0.2, 0.25) is 0 Å². The molecule has 0 radical (unpaired) electrons. The summed E-state index contributed by atoms with van der Waals surface area (Å²) < 4.78 is 1.60. The van der Waals surface area contributed by atoms with Gasteiger partial charge in [-0.1, -0.05) is 28.1 Å². The lowest BCUT2D eigenvalue weighted by atomic mass is 10.2. The van der Waals surface area contributed by atoms with E-state index < -0.39 is 4.92 Å². The Balaban J connectivity index is 2.26. The van der Waals surface area contributed by atoms with Crippen LogP contribution in [0.1, 0.15) is 23.9 Å². The first-order chi connectivity index (χ1) is 8.61. The Kier molecular flexibility index (Phi) is 3.71. The van der Waals surface area contributed by atoms with Crippen molar-refractivity contribution in [3.8, 4) is 5.69 Å². The van der Waals surface area contributed by atoms with Gasteiger partial charge in [-0.2, -0.15) is 0 Å². The zero-order valence-corrected chi connectivity index (χ0v) is 11.2. The number of halogens is 1. The molecule has 7 heteroatoms. The molecule has 94 valence electrons. The van der Waals surface area contributed by atoms with Gasteiger partial charge in [-0.3, -0.25) is 10.1 Å². The number of nitro groups is 1. The second-order valence-corrected chi connectivity index (χ2v) is 4.84. The molecule has 0 spiro atoms. The average Bonchev–Trinajstić information content (AvgIpc) is 2.87. The first-order valence-corrected chi connectivity index (χ1v) is 6.34. The fourth-order valence-corrected chi connectivity index (χ4v) is 1.69. The van der Waals surface area contributed by atoms with Crippen molar-refractivity contribution < 1.29 is 4.92 Å². The lowest BCUT2D eigenvalue weighted by Gasteiger charge is -2.00. The Bertz CT molecular complexity index is 552. The minimum absolute atomic E-state index is 0.0611. The van der Waals surface area contributed by atoms with Crippen molar-refractivity contribution in [2.45, 2.75) is 18.2 Å². The van der Waals surface area contributed by atoms with Crippen LogP contribution in [-0.2, 0) is 0 Å². The standard InChI is InChI=1S/C11H11BrN4O2/c1-2-10(12)11-7-15(14-13-11)8-3-5-9(6-4-8)16(17)18/h3-7,10H,2H2,1H3. The van der Waals surface area contributed by atoms with E-state index in [1.807, 2.05) is 13.1 Å². The predicted octanol–water partition coefficient (Wildman–Crippen LogP) is 3.02. The van der Waals surface area contributed by atoms with Crippen molar-refractivity contribution in [2.75, 3.05) is 0 Å². The predicted molar refractivity (Wildman–Crippen MR) is 70.0 cm³/mol. The maximum absolute atomic E-state index is 10.5. The van der Waals surface area contributed by atoms with Crippen molar-refractivity contribution in [3.63, 3.8) is 0 Å². The highest BCUT2D eigenvalue weighted by atomic mass is 79.9. The van der Waals surface area contributed by atoms with Crippen LogP contribution in [0.4, 0.5) is 5.69 Å². The van der Waals surface area contributed by atoms with Gasteiger partial charge in [0.15, 0.2) is 0 Å². The zero-order chi connectivity index (χ0) is 13.1. The molecule has 2 rings (SSSR count). The van der Waals surface area contributed by atoms with Gasteiger partial charge >= 0.3 is 0 Å². The van der Waals surface area contributed by atoms with Crippen LogP contribution in [0.3, 0.4) is 0 Å². The average molecular weight is 311 g/mol. The van der Waals surface area contributed by atoms with Crippen LogP contribution < -0.4 is 0 Å². The van der Waals surface area contributed by atoms with Crippen LogP contribution >= 0.6 is 15.9 Å². The highest BCUT2D eigenvalue weighted by Gasteiger charge is 2.11. The molecular formula is C11H11BrN4O2. The number of benzene rings is 1. The summed E-state index contributed by atoms with van der Waals surface area (Å²) in [6.45, 7) is 2.05. The fraction of sp³-hybridized carbons (Fsp3) is 0.273. The number of nitrogens with zero attached hydrogens (tertiary/aromatic N) is 4. The summed E-state index contributed by atoms with van der Waals surface area (Å²) in [6.07, 6.45) is 2.73. The Hall–Kier alpha value is -1.76. The van der Waals surface area contributed by atoms with Crippen LogP contribution in [0.15, 0.2) is 30.5 Å². The number of alkyl halides is 1. The highest BCUT2D eigenvalue weighted by Crippen LogP contribution is 2.24. The van der Waals surface area contributed by atoms with E-state index in [9.17, 15) is 10.1 Å². The van der Waals surface area contributed by atoms with Crippen molar-refractivity contribution in [1.82, 2.24) is 15.0 Å². The summed E-state index contributed by atoms with van der Waals surface area (Å²) in [4.78, 5) is 10.3. The van der Waals surface area contributed by atoms with E-state index in [1.165, 1.54) is 12.1 Å². The normalized spacial score (nSPS) is 12.3. The summed E-state index contributed by atoms with van der Waals surface area (Å²) in [7, 11) is 0. The number of hydrogen-bond acceptors (Lipinski definition) is 4. The maximum atomic E-state index is 10.5. The van der Waals surface area contributed by atoms with Crippen LogP contribution in [0.25, 0.3) is 5.69 Å². The van der Waals surface area contributed by atoms with E-state index in [0.29, 0.717) is 0 Å². The smallest absolute Gasteiger partial charge is 0.258 e. The van der Waals surface area contributed by atoms with Crippen molar-refractivity contribution in [2.24, 2.45) is 0 Å². The molecule has 0 saturated heterocycles. The SMILES string of the molecule is CCC(Br)c1cn(-c2ccc([N+](=O)[O-])cc2)nn1. The third kappa shape index (κ3) is 2.56. The van der Waals surface area contributed by atoms with E-state index in [-0.39, 0.29) is 10.5 Å². The topological polar surface area (TPSA) is 73.8 Å². The molecule has 1 aromatic carbocycles. The van der Waals surface area contributed by atoms with Gasteiger partial charge in [-0.25, -0.2) is 4.68 Å². The Labute approximate surface area is 112 Å². The summed E-state index contributed by atoms with van der Waals surface area (Å²) in [5.74, 6) is 0. The molecule has 0 aliphatic carbocycles. The summed E-state index contributed by atoms with van der Waals surface area (Å²) >= 11 is 3.50. The van der Waals surface area contributed by atoms with E-state index in [0.717, 1.165) is 17.8 Å². The highest BCUT2D eigenvalue weighted by molar-refractivity contribution is 9.09. The van der Waals surface area contributed by atoms with Crippen molar-refractivity contribution in [1.29, 1.82) is 0 Å². The summed E-state index contributed by atoms with van der Waals surface area (Å²) in [6, 6.07) is 6.18. The first-order valence-electron chi connectivity index (χ1n) is 5.43. The molecule has 2 aromatic rings. The van der Waals surface area contributed by atoms with Gasteiger partial charge in [-0.15, -0.1) is 5.10 Å². The van der Waals surface area contributed by atoms with Crippen LogP contribution in [0.5, 0.6) is 0 Å².